The van der Waals surface area contributed by atoms with Crippen molar-refractivity contribution in [2.45, 2.75) is 12.8 Å². The van der Waals surface area contributed by atoms with Gasteiger partial charge in [0.1, 0.15) is 4.34 Å². The van der Waals surface area contributed by atoms with Crippen molar-refractivity contribution in [3.8, 4) is 0 Å². The van der Waals surface area contributed by atoms with E-state index in [4.69, 9.17) is 16.3 Å². The summed E-state index contributed by atoms with van der Waals surface area (Å²) in [5.74, 6) is 0.119. The van der Waals surface area contributed by atoms with Crippen molar-refractivity contribution in [3.63, 3.8) is 0 Å². The van der Waals surface area contributed by atoms with Gasteiger partial charge in [0.15, 0.2) is 0 Å². The van der Waals surface area contributed by atoms with E-state index in [0.29, 0.717) is 17.6 Å². The van der Waals surface area contributed by atoms with E-state index in [2.05, 4.69) is 5.32 Å². The maximum atomic E-state index is 11.8. The topological polar surface area (TPSA) is 38.3 Å². The highest BCUT2D eigenvalue weighted by molar-refractivity contribution is 7.15. The van der Waals surface area contributed by atoms with Crippen molar-refractivity contribution < 1.29 is 9.53 Å². The maximum absolute atomic E-state index is 11.8. The number of carbonyl (C=O) groups excluding carboxylic acids is 1. The average Bonchev–Trinajstić information content (AvgIpc) is 2.66. The molecule has 1 aromatic heterocycles. The lowest BCUT2D eigenvalue weighted by atomic mass is 9.99. The molecule has 0 aliphatic carbocycles. The van der Waals surface area contributed by atoms with Crippen molar-refractivity contribution in [1.29, 1.82) is 0 Å². The molecule has 15 heavy (non-hydrogen) atoms. The Balaban J connectivity index is 1.94. The second kappa shape index (κ2) is 4.96. The fourth-order valence-corrected chi connectivity index (χ4v) is 2.41. The van der Waals surface area contributed by atoms with Gasteiger partial charge in [-0.3, -0.25) is 4.79 Å². The Hall–Kier alpha value is -0.580. The van der Waals surface area contributed by atoms with Crippen molar-refractivity contribution in [2.75, 3.05) is 18.5 Å². The summed E-state index contributed by atoms with van der Waals surface area (Å²) in [6, 6.07) is 1.82. The third-order valence-electron chi connectivity index (χ3n) is 2.47. The van der Waals surface area contributed by atoms with Gasteiger partial charge in [0.25, 0.3) is 0 Å². The highest BCUT2D eigenvalue weighted by atomic mass is 35.5. The molecule has 0 radical (unpaired) electrons. The van der Waals surface area contributed by atoms with Crippen LogP contribution in [0.25, 0.3) is 0 Å². The van der Waals surface area contributed by atoms with E-state index in [1.807, 2.05) is 11.4 Å². The second-order valence-corrected chi connectivity index (χ2v) is 5.00. The minimum Gasteiger partial charge on any atom is -0.381 e. The molecule has 0 aromatic carbocycles. The first-order valence-electron chi connectivity index (χ1n) is 4.89. The summed E-state index contributed by atoms with van der Waals surface area (Å²) < 4.78 is 5.84. The van der Waals surface area contributed by atoms with Crippen LogP contribution in [0.1, 0.15) is 12.8 Å². The van der Waals surface area contributed by atoms with E-state index in [-0.39, 0.29) is 11.8 Å². The number of thiophene rings is 1. The van der Waals surface area contributed by atoms with Crippen LogP contribution < -0.4 is 5.32 Å². The monoisotopic (exact) mass is 245 g/mol. The van der Waals surface area contributed by atoms with Crippen LogP contribution in [-0.4, -0.2) is 19.1 Å². The quantitative estimate of drug-likeness (QED) is 0.870. The fourth-order valence-electron chi connectivity index (χ4n) is 1.58. The predicted octanol–water partition coefficient (Wildman–Crippen LogP) is 2.77. The van der Waals surface area contributed by atoms with Crippen molar-refractivity contribution in [3.05, 3.63) is 15.8 Å². The van der Waals surface area contributed by atoms with Crippen LogP contribution in [0.2, 0.25) is 4.34 Å². The van der Waals surface area contributed by atoms with Gasteiger partial charge in [-0.25, -0.2) is 0 Å². The second-order valence-electron chi connectivity index (χ2n) is 3.48. The summed E-state index contributed by atoms with van der Waals surface area (Å²) in [5.41, 5.74) is 0.721. The van der Waals surface area contributed by atoms with E-state index in [1.165, 1.54) is 11.3 Å². The fraction of sp³-hybridized carbons (Fsp3) is 0.500. The van der Waals surface area contributed by atoms with Gasteiger partial charge >= 0.3 is 0 Å². The van der Waals surface area contributed by atoms with Gasteiger partial charge in [-0.15, -0.1) is 11.3 Å². The Morgan fingerprint density at radius 3 is 2.87 bits per heavy atom. The van der Waals surface area contributed by atoms with E-state index in [9.17, 15) is 4.79 Å². The molecular formula is C10H12ClNO2S. The number of anilines is 1. The predicted molar refractivity (Wildman–Crippen MR) is 61.5 cm³/mol. The normalized spacial score (nSPS) is 17.7. The Morgan fingerprint density at radius 1 is 1.53 bits per heavy atom. The number of carbonyl (C=O) groups is 1. The third kappa shape index (κ3) is 2.71. The number of nitrogens with one attached hydrogen (secondary N) is 1. The first-order valence-corrected chi connectivity index (χ1v) is 6.15. The zero-order valence-corrected chi connectivity index (χ0v) is 9.74. The van der Waals surface area contributed by atoms with Crippen LogP contribution in [0.5, 0.6) is 0 Å². The molecular weight excluding hydrogens is 234 g/mol. The van der Waals surface area contributed by atoms with E-state index in [1.54, 1.807) is 0 Å². The highest BCUT2D eigenvalue weighted by Gasteiger charge is 2.22. The summed E-state index contributed by atoms with van der Waals surface area (Å²) in [7, 11) is 0. The van der Waals surface area contributed by atoms with E-state index >= 15 is 0 Å². The molecule has 1 amide bonds. The number of ether oxygens (including phenoxy) is 1. The molecule has 1 aromatic rings. The number of rotatable bonds is 2. The Kier molecular flexibility index (Phi) is 3.61. The largest absolute Gasteiger partial charge is 0.381 e. The van der Waals surface area contributed by atoms with Crippen LogP contribution in [-0.2, 0) is 9.53 Å². The van der Waals surface area contributed by atoms with E-state index < -0.39 is 0 Å². The molecule has 0 unspecified atom stereocenters. The van der Waals surface area contributed by atoms with Gasteiger partial charge < -0.3 is 10.1 Å². The number of halogens is 1. The highest BCUT2D eigenvalue weighted by Crippen LogP contribution is 2.28. The van der Waals surface area contributed by atoms with Crippen LogP contribution in [0.3, 0.4) is 0 Å². The molecule has 5 heteroatoms. The summed E-state index contributed by atoms with van der Waals surface area (Å²) in [6.45, 7) is 1.35. The lowest BCUT2D eigenvalue weighted by Gasteiger charge is -2.20. The minimum atomic E-state index is 0.0543. The molecule has 0 spiro atoms. The summed E-state index contributed by atoms with van der Waals surface area (Å²) in [5, 5.41) is 4.71. The molecule has 1 saturated heterocycles. The first kappa shape index (κ1) is 10.9. The Labute approximate surface area is 97.4 Å². The maximum Gasteiger partial charge on any atom is 0.227 e. The summed E-state index contributed by atoms with van der Waals surface area (Å²) in [4.78, 5) is 11.8. The van der Waals surface area contributed by atoms with E-state index in [0.717, 1.165) is 18.5 Å². The molecule has 3 nitrogen and oxygen atoms in total. The molecule has 0 atom stereocenters. The Bertz CT molecular complexity index is 347. The van der Waals surface area contributed by atoms with Gasteiger partial charge in [-0.05, 0) is 24.3 Å². The van der Waals surface area contributed by atoms with Crippen molar-refractivity contribution in [1.82, 2.24) is 0 Å². The molecule has 82 valence electrons. The molecule has 2 heterocycles. The zero-order valence-electron chi connectivity index (χ0n) is 8.16. The summed E-state index contributed by atoms with van der Waals surface area (Å²) >= 11 is 7.32. The van der Waals surface area contributed by atoms with Crippen molar-refractivity contribution >= 4 is 34.5 Å². The smallest absolute Gasteiger partial charge is 0.227 e. The summed E-state index contributed by atoms with van der Waals surface area (Å²) in [6.07, 6.45) is 1.60. The van der Waals surface area contributed by atoms with Crippen LogP contribution in [0.4, 0.5) is 5.69 Å². The van der Waals surface area contributed by atoms with Gasteiger partial charge in [-0.1, -0.05) is 11.6 Å². The van der Waals surface area contributed by atoms with Crippen LogP contribution in [0, 0.1) is 5.92 Å². The zero-order chi connectivity index (χ0) is 10.7. The van der Waals surface area contributed by atoms with Gasteiger partial charge in [0.05, 0.1) is 5.69 Å². The lowest BCUT2D eigenvalue weighted by molar-refractivity contribution is -0.122. The molecule has 1 aliphatic heterocycles. The Morgan fingerprint density at radius 2 is 2.27 bits per heavy atom. The van der Waals surface area contributed by atoms with Gasteiger partial charge in [0, 0.05) is 19.1 Å². The average molecular weight is 246 g/mol. The third-order valence-corrected chi connectivity index (χ3v) is 3.64. The van der Waals surface area contributed by atoms with Crippen molar-refractivity contribution in [2.24, 2.45) is 5.92 Å². The molecule has 2 rings (SSSR count). The number of hydrogen-bond acceptors (Lipinski definition) is 3. The van der Waals surface area contributed by atoms with Crippen LogP contribution in [0.15, 0.2) is 11.4 Å². The van der Waals surface area contributed by atoms with Crippen LogP contribution >= 0.6 is 22.9 Å². The molecule has 0 saturated carbocycles. The lowest BCUT2D eigenvalue weighted by Crippen LogP contribution is -2.28. The van der Waals surface area contributed by atoms with Gasteiger partial charge in [0.2, 0.25) is 5.91 Å². The molecule has 1 aliphatic rings. The van der Waals surface area contributed by atoms with Gasteiger partial charge in [-0.2, -0.15) is 0 Å². The number of amides is 1. The number of hydrogen-bond donors (Lipinski definition) is 1. The molecule has 0 bridgehead atoms. The standard InChI is InChI=1S/C10H12ClNO2S/c11-9-8(3-6-15-9)12-10(13)7-1-4-14-5-2-7/h3,6-7H,1-2,4-5H2,(H,12,13). The first-order chi connectivity index (χ1) is 7.27. The molecule has 1 fully saturated rings. The minimum absolute atomic E-state index is 0.0543. The molecule has 1 N–H and O–H groups in total. The SMILES string of the molecule is O=C(Nc1ccsc1Cl)C1CCOCC1.